The number of carbonyl (C=O) groups is 2. The number of likely N-dealkylation sites (N-methyl/N-ethyl adjacent to an activating group) is 1. The fourth-order valence-electron chi connectivity index (χ4n) is 4.80. The topological polar surface area (TPSA) is 64.7 Å². The maximum Gasteiger partial charge on any atom is 0.313 e. The maximum absolute atomic E-state index is 12.6. The van der Waals surface area contributed by atoms with Crippen LogP contribution >= 0.6 is 0 Å². The third kappa shape index (κ3) is 4.96. The van der Waals surface area contributed by atoms with Gasteiger partial charge in [0.25, 0.3) is 0 Å². The normalized spacial score (nSPS) is 17.0. The van der Waals surface area contributed by atoms with E-state index in [1.54, 1.807) is 0 Å². The Morgan fingerprint density at radius 1 is 0.969 bits per heavy atom. The molecule has 2 aliphatic rings. The van der Waals surface area contributed by atoms with E-state index in [1.165, 1.54) is 36.1 Å². The van der Waals surface area contributed by atoms with Crippen LogP contribution in [0.1, 0.15) is 47.6 Å². The Bertz CT molecular complexity index is 997. The van der Waals surface area contributed by atoms with E-state index >= 15 is 0 Å². The van der Waals surface area contributed by atoms with E-state index in [1.807, 2.05) is 32.0 Å². The molecule has 1 saturated heterocycles. The number of hydrogen-bond acceptors (Lipinski definition) is 4. The number of rotatable bonds is 5. The molecule has 170 valence electrons. The summed E-state index contributed by atoms with van der Waals surface area (Å²) < 4.78 is 0. The largest absolute Gasteiger partial charge is 0.374 e. The first-order valence-corrected chi connectivity index (χ1v) is 11.7. The fraction of sp³-hybridized carbons (Fsp3) is 0.462. The number of nitrogens with one attached hydrogen (secondary N) is 2. The van der Waals surface area contributed by atoms with Crippen LogP contribution < -0.4 is 15.5 Å². The molecule has 2 aliphatic heterocycles. The third-order valence-electron chi connectivity index (χ3n) is 6.75. The number of aryl methyl sites for hydroxylation is 2. The number of nitrogens with zero attached hydrogens (tertiary/aromatic N) is 2. The zero-order chi connectivity index (χ0) is 22.7. The molecule has 0 spiro atoms. The van der Waals surface area contributed by atoms with Gasteiger partial charge in [0.1, 0.15) is 0 Å². The lowest BCUT2D eigenvalue weighted by molar-refractivity contribution is -0.136. The summed E-state index contributed by atoms with van der Waals surface area (Å²) in [5.41, 5.74) is 6.54. The average molecular weight is 435 g/mol. The summed E-state index contributed by atoms with van der Waals surface area (Å²) in [4.78, 5) is 29.9. The highest BCUT2D eigenvalue weighted by Crippen LogP contribution is 2.32. The molecule has 6 heteroatoms. The molecule has 4 rings (SSSR count). The lowest BCUT2D eigenvalue weighted by Gasteiger charge is -2.35. The van der Waals surface area contributed by atoms with Gasteiger partial charge in [-0.05, 0) is 80.6 Å². The highest BCUT2D eigenvalue weighted by atomic mass is 16.2. The lowest BCUT2D eigenvalue weighted by atomic mass is 9.98. The van der Waals surface area contributed by atoms with Crippen LogP contribution in [0.25, 0.3) is 0 Å². The van der Waals surface area contributed by atoms with Gasteiger partial charge in [-0.25, -0.2) is 0 Å². The summed E-state index contributed by atoms with van der Waals surface area (Å²) in [6, 6.07) is 12.6. The number of hydrogen-bond donors (Lipinski definition) is 2. The second-order valence-corrected chi connectivity index (χ2v) is 9.15. The van der Waals surface area contributed by atoms with Crippen molar-refractivity contribution in [3.05, 3.63) is 58.7 Å². The molecule has 0 bridgehead atoms. The maximum atomic E-state index is 12.6. The summed E-state index contributed by atoms with van der Waals surface area (Å²) in [6.07, 6.45) is 4.65. The molecule has 0 unspecified atom stereocenters. The minimum Gasteiger partial charge on any atom is -0.374 e. The lowest BCUT2D eigenvalue weighted by Crippen LogP contribution is -2.43. The molecule has 0 radical (unpaired) electrons. The van der Waals surface area contributed by atoms with Crippen molar-refractivity contribution < 1.29 is 9.59 Å². The van der Waals surface area contributed by atoms with E-state index in [4.69, 9.17) is 0 Å². The van der Waals surface area contributed by atoms with Crippen LogP contribution in [0.5, 0.6) is 0 Å². The Morgan fingerprint density at radius 3 is 2.53 bits per heavy atom. The number of piperidine rings is 1. The monoisotopic (exact) mass is 434 g/mol. The third-order valence-corrected chi connectivity index (χ3v) is 6.75. The number of benzene rings is 2. The van der Waals surface area contributed by atoms with Crippen molar-refractivity contribution in [3.63, 3.8) is 0 Å². The van der Waals surface area contributed by atoms with Gasteiger partial charge in [-0.2, -0.15) is 0 Å². The van der Waals surface area contributed by atoms with Gasteiger partial charge in [-0.3, -0.25) is 14.5 Å². The van der Waals surface area contributed by atoms with Gasteiger partial charge in [-0.1, -0.05) is 30.7 Å². The molecule has 1 fully saturated rings. The number of fused-ring (bicyclic) bond motifs is 1. The Hall–Kier alpha value is -2.86. The Labute approximate surface area is 191 Å². The first-order chi connectivity index (χ1) is 15.4. The van der Waals surface area contributed by atoms with Crippen molar-refractivity contribution in [2.75, 3.05) is 43.4 Å². The second-order valence-electron chi connectivity index (χ2n) is 9.15. The molecule has 2 N–H and O–H groups in total. The van der Waals surface area contributed by atoms with Gasteiger partial charge in [0, 0.05) is 31.5 Å². The summed E-state index contributed by atoms with van der Waals surface area (Å²) in [5.74, 6) is -1.21. The summed E-state index contributed by atoms with van der Waals surface area (Å²) in [6.45, 7) is 7.39. The smallest absolute Gasteiger partial charge is 0.313 e. The fourth-order valence-corrected chi connectivity index (χ4v) is 4.80. The second kappa shape index (κ2) is 9.74. The first-order valence-electron chi connectivity index (χ1n) is 11.7. The number of carbonyl (C=O) groups excluding carboxylic acids is 2. The van der Waals surface area contributed by atoms with Crippen LogP contribution in [0, 0.1) is 13.8 Å². The molecule has 0 saturated carbocycles. The van der Waals surface area contributed by atoms with Gasteiger partial charge in [0.2, 0.25) is 0 Å². The molecular formula is C26H34N4O2. The van der Waals surface area contributed by atoms with Gasteiger partial charge in [-0.15, -0.1) is 0 Å². The van der Waals surface area contributed by atoms with Crippen molar-refractivity contribution in [3.8, 4) is 0 Å². The summed E-state index contributed by atoms with van der Waals surface area (Å²) in [5, 5.41) is 5.67. The molecule has 0 aliphatic carbocycles. The van der Waals surface area contributed by atoms with Gasteiger partial charge >= 0.3 is 11.8 Å². The van der Waals surface area contributed by atoms with Crippen molar-refractivity contribution in [2.45, 2.75) is 45.6 Å². The Kier molecular flexibility index (Phi) is 6.80. The van der Waals surface area contributed by atoms with E-state index in [9.17, 15) is 9.59 Å². The molecule has 2 amide bonds. The molecular weight excluding hydrogens is 400 g/mol. The first kappa shape index (κ1) is 22.3. The Morgan fingerprint density at radius 2 is 1.75 bits per heavy atom. The van der Waals surface area contributed by atoms with Gasteiger partial charge in [0.15, 0.2) is 0 Å². The molecule has 1 atom stereocenters. The molecule has 2 aromatic rings. The quantitative estimate of drug-likeness (QED) is 0.706. The van der Waals surface area contributed by atoms with Crippen molar-refractivity contribution in [1.82, 2.24) is 10.2 Å². The number of likely N-dealkylation sites (tertiary alicyclic amines) is 1. The van der Waals surface area contributed by atoms with Crippen molar-refractivity contribution >= 4 is 23.2 Å². The highest BCUT2D eigenvalue weighted by molar-refractivity contribution is 6.39. The minimum atomic E-state index is -0.619. The average Bonchev–Trinajstić information content (AvgIpc) is 3.17. The number of amides is 2. The standard InChI is InChI=1S/C26H34N4O2/c1-18-7-8-19(2)22(15-18)28-26(32)25(31)27-17-24(30-12-5-4-6-13-30)20-9-10-23-21(16-20)11-14-29(23)3/h7-10,15-16,24H,4-6,11-14,17H2,1-3H3,(H,27,31)(H,28,32)/t24-/m1/s1. The van der Waals surface area contributed by atoms with Crippen molar-refractivity contribution in [1.29, 1.82) is 0 Å². The Balaban J connectivity index is 1.46. The summed E-state index contributed by atoms with van der Waals surface area (Å²) >= 11 is 0. The summed E-state index contributed by atoms with van der Waals surface area (Å²) in [7, 11) is 2.13. The molecule has 2 heterocycles. The van der Waals surface area contributed by atoms with E-state index in [0.29, 0.717) is 12.2 Å². The van der Waals surface area contributed by atoms with Crippen LogP contribution in [-0.2, 0) is 16.0 Å². The predicted octanol–water partition coefficient (Wildman–Crippen LogP) is 3.58. The number of anilines is 2. The zero-order valence-electron chi connectivity index (χ0n) is 19.4. The van der Waals surface area contributed by atoms with E-state index in [0.717, 1.165) is 37.2 Å². The zero-order valence-corrected chi connectivity index (χ0v) is 19.4. The highest BCUT2D eigenvalue weighted by Gasteiger charge is 2.26. The molecule has 0 aromatic heterocycles. The van der Waals surface area contributed by atoms with Crippen LogP contribution in [0.15, 0.2) is 36.4 Å². The molecule has 6 nitrogen and oxygen atoms in total. The predicted molar refractivity (Wildman–Crippen MR) is 129 cm³/mol. The van der Waals surface area contributed by atoms with Crippen LogP contribution in [0.4, 0.5) is 11.4 Å². The minimum absolute atomic E-state index is 0.0731. The SMILES string of the molecule is Cc1ccc(C)c(NC(=O)C(=O)NC[C@H](c2ccc3c(c2)CCN3C)N2CCCCC2)c1. The van der Waals surface area contributed by atoms with Crippen molar-refractivity contribution in [2.24, 2.45) is 0 Å². The van der Waals surface area contributed by atoms with Crippen LogP contribution in [0.3, 0.4) is 0 Å². The molecule has 2 aromatic carbocycles. The van der Waals surface area contributed by atoms with Crippen LogP contribution in [-0.4, -0.2) is 49.9 Å². The van der Waals surface area contributed by atoms with E-state index < -0.39 is 11.8 Å². The van der Waals surface area contributed by atoms with E-state index in [-0.39, 0.29) is 6.04 Å². The van der Waals surface area contributed by atoms with Gasteiger partial charge in [0.05, 0.1) is 6.04 Å². The molecule has 32 heavy (non-hydrogen) atoms. The van der Waals surface area contributed by atoms with E-state index in [2.05, 4.69) is 45.7 Å². The van der Waals surface area contributed by atoms with Gasteiger partial charge < -0.3 is 15.5 Å². The van der Waals surface area contributed by atoms with Crippen LogP contribution in [0.2, 0.25) is 0 Å².